The molecule has 1 aliphatic heterocycles. The summed E-state index contributed by atoms with van der Waals surface area (Å²) < 4.78 is 31.3. The Hall–Kier alpha value is -1.93. The zero-order valence-corrected chi connectivity index (χ0v) is 13.0. The van der Waals surface area contributed by atoms with Crippen molar-refractivity contribution >= 4 is 27.6 Å². The van der Waals surface area contributed by atoms with Gasteiger partial charge in [-0.2, -0.15) is 0 Å². The van der Waals surface area contributed by atoms with Gasteiger partial charge in [0.25, 0.3) is 0 Å². The molecule has 1 aliphatic rings. The molecule has 0 unspecified atom stereocenters. The van der Waals surface area contributed by atoms with Crippen molar-refractivity contribution in [1.29, 1.82) is 0 Å². The molecule has 1 aromatic rings. The van der Waals surface area contributed by atoms with Crippen molar-refractivity contribution in [2.45, 2.75) is 30.6 Å². The predicted molar refractivity (Wildman–Crippen MR) is 79.8 cm³/mol. The van der Waals surface area contributed by atoms with E-state index >= 15 is 0 Å². The molecule has 2 rings (SSSR count). The highest BCUT2D eigenvalue weighted by atomic mass is 32.2. The van der Waals surface area contributed by atoms with Crippen LogP contribution >= 0.6 is 0 Å². The topological polar surface area (TPSA) is 102 Å². The molecule has 7 nitrogen and oxygen atoms in total. The minimum Gasteiger partial charge on any atom is -0.469 e. The maximum absolute atomic E-state index is 12.2. The van der Waals surface area contributed by atoms with Gasteiger partial charge in [-0.3, -0.25) is 9.59 Å². The highest BCUT2D eigenvalue weighted by molar-refractivity contribution is 7.89. The second kappa shape index (κ2) is 6.89. The molecule has 0 saturated carbocycles. The van der Waals surface area contributed by atoms with Gasteiger partial charge >= 0.3 is 5.97 Å². The minimum atomic E-state index is -3.63. The van der Waals surface area contributed by atoms with Crippen LogP contribution in [0.3, 0.4) is 0 Å². The van der Waals surface area contributed by atoms with Crippen LogP contribution in [-0.4, -0.2) is 33.9 Å². The van der Waals surface area contributed by atoms with Crippen LogP contribution in [-0.2, 0) is 30.8 Å². The first kappa shape index (κ1) is 16.4. The van der Waals surface area contributed by atoms with E-state index in [4.69, 9.17) is 0 Å². The van der Waals surface area contributed by atoms with Gasteiger partial charge in [0.1, 0.15) is 0 Å². The summed E-state index contributed by atoms with van der Waals surface area (Å²) in [7, 11) is -2.34. The lowest BCUT2D eigenvalue weighted by Crippen LogP contribution is -2.26. The van der Waals surface area contributed by atoms with Crippen molar-refractivity contribution in [1.82, 2.24) is 4.72 Å². The van der Waals surface area contributed by atoms with Gasteiger partial charge < -0.3 is 10.1 Å². The fraction of sp³-hybridized carbons (Fsp3) is 0.429. The normalized spacial score (nSPS) is 14.1. The minimum absolute atomic E-state index is 0.0657. The van der Waals surface area contributed by atoms with Gasteiger partial charge in [-0.1, -0.05) is 0 Å². The first-order valence-corrected chi connectivity index (χ1v) is 8.40. The number of hydrogen-bond acceptors (Lipinski definition) is 5. The number of hydrogen-bond donors (Lipinski definition) is 2. The van der Waals surface area contributed by atoms with E-state index in [1.165, 1.54) is 13.2 Å². The lowest BCUT2D eigenvalue weighted by atomic mass is 10.0. The monoisotopic (exact) mass is 326 g/mol. The van der Waals surface area contributed by atoms with Crippen LogP contribution in [0.2, 0.25) is 0 Å². The van der Waals surface area contributed by atoms with Crippen LogP contribution in [0.1, 0.15) is 24.8 Å². The Balaban J connectivity index is 2.01. The number of nitrogens with one attached hydrogen (secondary N) is 2. The average Bonchev–Trinajstić information content (AvgIpc) is 2.50. The van der Waals surface area contributed by atoms with Gasteiger partial charge in [0.2, 0.25) is 15.9 Å². The van der Waals surface area contributed by atoms with Crippen LogP contribution < -0.4 is 10.0 Å². The molecule has 2 N–H and O–H groups in total. The van der Waals surface area contributed by atoms with Crippen LogP contribution in [0.4, 0.5) is 5.69 Å². The number of amides is 1. The number of methoxy groups -OCH3 is 1. The molecule has 120 valence electrons. The lowest BCUT2D eigenvalue weighted by Gasteiger charge is -2.17. The molecule has 0 aromatic heterocycles. The lowest BCUT2D eigenvalue weighted by molar-refractivity contribution is -0.140. The number of aryl methyl sites for hydroxylation is 1. The number of sulfonamides is 1. The molecule has 22 heavy (non-hydrogen) atoms. The van der Waals surface area contributed by atoms with Gasteiger partial charge in [-0.25, -0.2) is 13.1 Å². The summed E-state index contributed by atoms with van der Waals surface area (Å²) in [6, 6.07) is 4.61. The number of fused-ring (bicyclic) bond motifs is 1. The third-order valence-electron chi connectivity index (χ3n) is 3.36. The second-order valence-corrected chi connectivity index (χ2v) is 6.71. The number of benzene rings is 1. The molecule has 0 radical (unpaired) electrons. The Kier molecular flexibility index (Phi) is 5.15. The van der Waals surface area contributed by atoms with Crippen molar-refractivity contribution in [2.24, 2.45) is 0 Å². The highest BCUT2D eigenvalue weighted by Crippen LogP contribution is 2.25. The number of ether oxygens (including phenoxy) is 1. The molecule has 0 saturated heterocycles. The second-order valence-electron chi connectivity index (χ2n) is 4.94. The maximum atomic E-state index is 12.2. The molecule has 0 spiro atoms. The van der Waals surface area contributed by atoms with Gasteiger partial charge in [0.05, 0.1) is 12.0 Å². The van der Waals surface area contributed by atoms with E-state index < -0.39 is 10.0 Å². The van der Waals surface area contributed by atoms with Crippen molar-refractivity contribution in [3.63, 3.8) is 0 Å². The molecule has 1 aromatic carbocycles. The summed E-state index contributed by atoms with van der Waals surface area (Å²) >= 11 is 0. The van der Waals surface area contributed by atoms with Crippen LogP contribution in [0.15, 0.2) is 23.1 Å². The molecule has 0 bridgehead atoms. The van der Waals surface area contributed by atoms with E-state index in [-0.39, 0.29) is 29.7 Å². The Morgan fingerprint density at radius 3 is 2.86 bits per heavy atom. The summed E-state index contributed by atoms with van der Waals surface area (Å²) in [6.45, 7) is 0.158. The van der Waals surface area contributed by atoms with Crippen LogP contribution in [0, 0.1) is 0 Å². The molecule has 0 atom stereocenters. The van der Waals surface area contributed by atoms with E-state index in [9.17, 15) is 18.0 Å². The van der Waals surface area contributed by atoms with Gasteiger partial charge in [0.15, 0.2) is 0 Å². The Labute approximate surface area is 129 Å². The summed E-state index contributed by atoms with van der Waals surface area (Å²) in [5.41, 5.74) is 1.46. The summed E-state index contributed by atoms with van der Waals surface area (Å²) in [5, 5.41) is 2.70. The van der Waals surface area contributed by atoms with Gasteiger partial charge in [-0.05, 0) is 36.6 Å². The zero-order chi connectivity index (χ0) is 16.2. The number of esters is 1. The van der Waals surface area contributed by atoms with E-state index in [2.05, 4.69) is 14.8 Å². The number of anilines is 1. The van der Waals surface area contributed by atoms with Crippen LogP contribution in [0.5, 0.6) is 0 Å². The van der Waals surface area contributed by atoms with E-state index in [1.54, 1.807) is 12.1 Å². The van der Waals surface area contributed by atoms with Gasteiger partial charge in [-0.15, -0.1) is 0 Å². The number of rotatable bonds is 6. The summed E-state index contributed by atoms with van der Waals surface area (Å²) in [5.74, 6) is -0.437. The molecule has 1 heterocycles. The Bertz CT molecular complexity index is 684. The molecule has 8 heteroatoms. The van der Waals surface area contributed by atoms with Crippen molar-refractivity contribution in [2.75, 3.05) is 19.0 Å². The van der Waals surface area contributed by atoms with E-state index in [1.807, 2.05) is 0 Å². The number of carbonyl (C=O) groups excluding carboxylic acids is 2. The summed E-state index contributed by atoms with van der Waals surface area (Å²) in [6.07, 6.45) is 1.40. The van der Waals surface area contributed by atoms with Crippen molar-refractivity contribution < 1.29 is 22.7 Å². The van der Waals surface area contributed by atoms with E-state index in [0.717, 1.165) is 5.56 Å². The van der Waals surface area contributed by atoms with Crippen LogP contribution in [0.25, 0.3) is 0 Å². The van der Waals surface area contributed by atoms with Crippen molar-refractivity contribution in [3.8, 4) is 0 Å². The zero-order valence-electron chi connectivity index (χ0n) is 12.2. The Morgan fingerprint density at radius 1 is 1.36 bits per heavy atom. The maximum Gasteiger partial charge on any atom is 0.305 e. The Morgan fingerprint density at radius 2 is 2.14 bits per heavy atom. The molecular formula is C14H18N2O5S. The average molecular weight is 326 g/mol. The SMILES string of the molecule is COC(=O)CCCNS(=O)(=O)c1ccc2c(c1)CCC(=O)N2. The fourth-order valence-electron chi connectivity index (χ4n) is 2.15. The smallest absolute Gasteiger partial charge is 0.305 e. The van der Waals surface area contributed by atoms with Gasteiger partial charge in [0, 0.05) is 25.1 Å². The molecule has 0 aliphatic carbocycles. The first-order valence-electron chi connectivity index (χ1n) is 6.91. The summed E-state index contributed by atoms with van der Waals surface area (Å²) in [4.78, 5) is 22.4. The molecule has 0 fully saturated rings. The fourth-order valence-corrected chi connectivity index (χ4v) is 3.28. The highest BCUT2D eigenvalue weighted by Gasteiger charge is 2.19. The third-order valence-corrected chi connectivity index (χ3v) is 4.82. The van der Waals surface area contributed by atoms with E-state index in [0.29, 0.717) is 24.9 Å². The standard InChI is InChI=1S/C14H18N2O5S/c1-21-14(18)3-2-8-15-22(19,20)11-5-6-12-10(9-11)4-7-13(17)16-12/h5-6,9,15H,2-4,7-8H2,1H3,(H,16,17). The predicted octanol–water partition coefficient (Wildman–Crippen LogP) is 0.803. The van der Waals surface area contributed by atoms with Crippen molar-refractivity contribution in [3.05, 3.63) is 23.8 Å². The largest absolute Gasteiger partial charge is 0.469 e. The molecule has 1 amide bonds. The molecular weight excluding hydrogens is 308 g/mol. The quantitative estimate of drug-likeness (QED) is 0.595. The first-order chi connectivity index (χ1) is 10.4. The third kappa shape index (κ3) is 4.05. The number of carbonyl (C=O) groups is 2.